The molecule has 0 unspecified atom stereocenters. The molecular weight excluding hydrogens is 268 g/mol. The third-order valence-electron chi connectivity index (χ3n) is 3.00. The van der Waals surface area contributed by atoms with Crippen molar-refractivity contribution in [2.24, 2.45) is 0 Å². The third kappa shape index (κ3) is 2.49. The highest BCUT2D eigenvalue weighted by Gasteiger charge is 2.11. The first kappa shape index (κ1) is 13.0. The fourth-order valence-corrected chi connectivity index (χ4v) is 2.93. The molecule has 0 saturated heterocycles. The first-order valence-electron chi connectivity index (χ1n) is 6.70. The Bertz CT molecular complexity index is 721. The summed E-state index contributed by atoms with van der Waals surface area (Å²) in [5.74, 6) is 1.67. The highest BCUT2D eigenvalue weighted by molar-refractivity contribution is 7.18. The molecule has 5 heteroatoms. The fourth-order valence-electron chi connectivity index (χ4n) is 2.05. The molecule has 0 bridgehead atoms. The van der Waals surface area contributed by atoms with E-state index in [2.05, 4.69) is 40.2 Å². The largest absolute Gasteiger partial charge is 0.369 e. The Morgan fingerprint density at radius 1 is 1.20 bits per heavy atom. The van der Waals surface area contributed by atoms with Gasteiger partial charge in [0, 0.05) is 29.4 Å². The summed E-state index contributed by atoms with van der Waals surface area (Å²) >= 11 is 1.70. The average Bonchev–Trinajstić information content (AvgIpc) is 2.86. The van der Waals surface area contributed by atoms with Crippen LogP contribution in [0.5, 0.6) is 0 Å². The second-order valence-electron chi connectivity index (χ2n) is 4.63. The van der Waals surface area contributed by atoms with Gasteiger partial charge in [0.2, 0.25) is 0 Å². The van der Waals surface area contributed by atoms with E-state index in [1.54, 1.807) is 23.7 Å². The van der Waals surface area contributed by atoms with Gasteiger partial charge in [-0.25, -0.2) is 9.97 Å². The van der Waals surface area contributed by atoms with Gasteiger partial charge >= 0.3 is 0 Å². The van der Waals surface area contributed by atoms with E-state index in [1.165, 1.54) is 4.88 Å². The maximum Gasteiger partial charge on any atom is 0.163 e. The van der Waals surface area contributed by atoms with Crippen molar-refractivity contribution < 1.29 is 0 Å². The molecule has 0 aliphatic carbocycles. The van der Waals surface area contributed by atoms with Crippen LogP contribution in [0, 0.1) is 6.92 Å². The molecule has 3 aromatic heterocycles. The van der Waals surface area contributed by atoms with Crippen molar-refractivity contribution in [1.82, 2.24) is 15.0 Å². The number of fused-ring (bicyclic) bond motifs is 1. The quantitative estimate of drug-likeness (QED) is 0.790. The summed E-state index contributed by atoms with van der Waals surface area (Å²) in [5, 5.41) is 4.51. The second-order valence-corrected chi connectivity index (χ2v) is 5.87. The summed E-state index contributed by atoms with van der Waals surface area (Å²) in [7, 11) is 0. The predicted octanol–water partition coefficient (Wildman–Crippen LogP) is 3.88. The summed E-state index contributed by atoms with van der Waals surface area (Å²) in [6, 6.07) is 6.02. The molecule has 102 valence electrons. The number of anilines is 1. The number of hydrogen-bond donors (Lipinski definition) is 1. The standard InChI is InChI=1S/C15H16N4S/c1-3-6-17-14-12-9-10(2)20-15(12)19-13(18-14)11-4-7-16-8-5-11/h4-5,7-9H,3,6H2,1-2H3,(H,17,18,19). The monoisotopic (exact) mass is 284 g/mol. The zero-order chi connectivity index (χ0) is 13.9. The maximum absolute atomic E-state index is 4.68. The molecule has 4 nitrogen and oxygen atoms in total. The lowest BCUT2D eigenvalue weighted by Gasteiger charge is -2.07. The van der Waals surface area contributed by atoms with Crippen LogP contribution in [0.1, 0.15) is 18.2 Å². The number of rotatable bonds is 4. The number of thiophene rings is 1. The molecule has 0 spiro atoms. The van der Waals surface area contributed by atoms with E-state index in [9.17, 15) is 0 Å². The van der Waals surface area contributed by atoms with Gasteiger partial charge in [-0.05, 0) is 31.5 Å². The topological polar surface area (TPSA) is 50.7 Å². The number of nitrogens with one attached hydrogen (secondary N) is 1. The number of nitrogens with zero attached hydrogens (tertiary/aromatic N) is 3. The van der Waals surface area contributed by atoms with E-state index in [4.69, 9.17) is 0 Å². The van der Waals surface area contributed by atoms with E-state index in [0.29, 0.717) is 0 Å². The molecule has 3 aromatic rings. The highest BCUT2D eigenvalue weighted by Crippen LogP contribution is 2.30. The molecular formula is C15H16N4S. The molecule has 0 saturated carbocycles. The van der Waals surface area contributed by atoms with Crippen molar-refractivity contribution in [3.63, 3.8) is 0 Å². The number of aromatic nitrogens is 3. The van der Waals surface area contributed by atoms with Crippen molar-refractivity contribution in [3.8, 4) is 11.4 Å². The molecule has 0 radical (unpaired) electrons. The minimum Gasteiger partial charge on any atom is -0.369 e. The lowest BCUT2D eigenvalue weighted by atomic mass is 10.2. The van der Waals surface area contributed by atoms with Crippen LogP contribution in [0.2, 0.25) is 0 Å². The van der Waals surface area contributed by atoms with Crippen LogP contribution < -0.4 is 5.32 Å². The lowest BCUT2D eigenvalue weighted by molar-refractivity contribution is 0.970. The molecule has 0 atom stereocenters. The number of pyridine rings is 1. The summed E-state index contributed by atoms with van der Waals surface area (Å²) < 4.78 is 0. The molecule has 3 rings (SSSR count). The van der Waals surface area contributed by atoms with Gasteiger partial charge < -0.3 is 5.32 Å². The summed E-state index contributed by atoms with van der Waals surface area (Å²) in [6.07, 6.45) is 4.60. The first-order chi connectivity index (χ1) is 9.78. The van der Waals surface area contributed by atoms with Gasteiger partial charge in [-0.3, -0.25) is 4.98 Å². The van der Waals surface area contributed by atoms with E-state index >= 15 is 0 Å². The van der Waals surface area contributed by atoms with Crippen LogP contribution in [0.25, 0.3) is 21.6 Å². The van der Waals surface area contributed by atoms with Gasteiger partial charge in [0.15, 0.2) is 5.82 Å². The molecule has 1 N–H and O–H groups in total. The van der Waals surface area contributed by atoms with Crippen molar-refractivity contribution in [2.45, 2.75) is 20.3 Å². The first-order valence-corrected chi connectivity index (χ1v) is 7.52. The van der Waals surface area contributed by atoms with Gasteiger partial charge in [-0.1, -0.05) is 6.92 Å². The molecule has 3 heterocycles. The van der Waals surface area contributed by atoms with Crippen molar-refractivity contribution in [2.75, 3.05) is 11.9 Å². The third-order valence-corrected chi connectivity index (χ3v) is 3.94. The zero-order valence-electron chi connectivity index (χ0n) is 11.6. The van der Waals surface area contributed by atoms with Crippen LogP contribution >= 0.6 is 11.3 Å². The molecule has 0 aromatic carbocycles. The predicted molar refractivity (Wildman–Crippen MR) is 84.2 cm³/mol. The van der Waals surface area contributed by atoms with Gasteiger partial charge in [-0.15, -0.1) is 11.3 Å². The van der Waals surface area contributed by atoms with E-state index in [1.807, 2.05) is 12.1 Å². The van der Waals surface area contributed by atoms with Gasteiger partial charge in [0.25, 0.3) is 0 Å². The Labute approximate surface area is 121 Å². The van der Waals surface area contributed by atoms with Crippen LogP contribution in [-0.2, 0) is 0 Å². The Balaban J connectivity index is 2.14. The number of aryl methyl sites for hydroxylation is 1. The molecule has 0 fully saturated rings. The van der Waals surface area contributed by atoms with Crippen LogP contribution in [0.15, 0.2) is 30.6 Å². The molecule has 0 aliphatic rings. The van der Waals surface area contributed by atoms with Crippen molar-refractivity contribution >= 4 is 27.4 Å². The van der Waals surface area contributed by atoms with E-state index < -0.39 is 0 Å². The van der Waals surface area contributed by atoms with Crippen molar-refractivity contribution in [3.05, 3.63) is 35.5 Å². The second kappa shape index (κ2) is 5.54. The normalized spacial score (nSPS) is 10.9. The van der Waals surface area contributed by atoms with Gasteiger partial charge in [0.1, 0.15) is 10.6 Å². The minimum absolute atomic E-state index is 0.750. The number of hydrogen-bond acceptors (Lipinski definition) is 5. The maximum atomic E-state index is 4.68. The Morgan fingerprint density at radius 2 is 2.00 bits per heavy atom. The van der Waals surface area contributed by atoms with E-state index in [-0.39, 0.29) is 0 Å². The zero-order valence-corrected chi connectivity index (χ0v) is 12.4. The van der Waals surface area contributed by atoms with Crippen molar-refractivity contribution in [1.29, 1.82) is 0 Å². The Morgan fingerprint density at radius 3 is 2.75 bits per heavy atom. The van der Waals surface area contributed by atoms with E-state index in [0.717, 1.165) is 40.4 Å². The smallest absolute Gasteiger partial charge is 0.163 e. The SMILES string of the molecule is CCCNc1nc(-c2ccncc2)nc2sc(C)cc12. The van der Waals surface area contributed by atoms with Crippen LogP contribution in [0.4, 0.5) is 5.82 Å². The van der Waals surface area contributed by atoms with Gasteiger partial charge in [-0.2, -0.15) is 0 Å². The lowest BCUT2D eigenvalue weighted by Crippen LogP contribution is -2.04. The Hall–Kier alpha value is -2.01. The summed E-state index contributed by atoms with van der Waals surface area (Å²) in [6.45, 7) is 5.16. The minimum atomic E-state index is 0.750. The summed E-state index contributed by atoms with van der Waals surface area (Å²) in [4.78, 5) is 15.7. The van der Waals surface area contributed by atoms with Crippen LogP contribution in [-0.4, -0.2) is 21.5 Å². The molecule has 0 aliphatic heterocycles. The van der Waals surface area contributed by atoms with Crippen LogP contribution in [0.3, 0.4) is 0 Å². The Kier molecular flexibility index (Phi) is 3.60. The molecule has 0 amide bonds. The fraction of sp³-hybridized carbons (Fsp3) is 0.267. The molecule has 20 heavy (non-hydrogen) atoms. The average molecular weight is 284 g/mol. The van der Waals surface area contributed by atoms with Gasteiger partial charge in [0.05, 0.1) is 5.39 Å². The summed E-state index contributed by atoms with van der Waals surface area (Å²) in [5.41, 5.74) is 0.993. The highest BCUT2D eigenvalue weighted by atomic mass is 32.1.